The molecule has 0 saturated heterocycles. The van der Waals surface area contributed by atoms with Crippen LogP contribution >= 0.6 is 0 Å². The van der Waals surface area contributed by atoms with Gasteiger partial charge in [-0.25, -0.2) is 4.39 Å². The molecule has 0 unspecified atom stereocenters. The first-order valence-corrected chi connectivity index (χ1v) is 5.55. The Morgan fingerprint density at radius 1 is 1.26 bits per heavy atom. The fourth-order valence-electron chi connectivity index (χ4n) is 1.54. The Morgan fingerprint density at radius 3 is 2.63 bits per heavy atom. The van der Waals surface area contributed by atoms with Crippen LogP contribution in [0.1, 0.15) is 0 Å². The van der Waals surface area contributed by atoms with Gasteiger partial charge < -0.3 is 15.6 Å². The number of hydrogen-bond acceptors (Lipinski definition) is 3. The third kappa shape index (κ3) is 3.41. The number of nitrogens with one attached hydrogen (secondary N) is 1. The summed E-state index contributed by atoms with van der Waals surface area (Å²) in [6.07, 6.45) is 2.99. The molecular formula is C13H12FN3O2. The molecule has 0 aliphatic carbocycles. The van der Waals surface area contributed by atoms with Crippen LogP contribution < -0.4 is 16.5 Å². The minimum atomic E-state index is -0.479. The average molecular weight is 261 g/mol. The van der Waals surface area contributed by atoms with E-state index in [9.17, 15) is 14.0 Å². The number of anilines is 2. The number of hydrogen-bond donors (Lipinski definition) is 2. The summed E-state index contributed by atoms with van der Waals surface area (Å²) in [4.78, 5) is 22.7. The number of pyridine rings is 1. The van der Waals surface area contributed by atoms with E-state index in [1.807, 2.05) is 0 Å². The Morgan fingerprint density at radius 2 is 1.95 bits per heavy atom. The molecule has 0 fully saturated rings. The second-order valence-electron chi connectivity index (χ2n) is 3.99. The molecule has 3 N–H and O–H groups in total. The highest BCUT2D eigenvalue weighted by molar-refractivity contribution is 5.93. The maximum absolute atomic E-state index is 13.0. The largest absolute Gasteiger partial charge is 0.397 e. The van der Waals surface area contributed by atoms with E-state index in [1.165, 1.54) is 41.2 Å². The summed E-state index contributed by atoms with van der Waals surface area (Å²) in [5, 5.41) is 2.51. The summed E-state index contributed by atoms with van der Waals surface area (Å²) in [5.74, 6) is -0.839. The van der Waals surface area contributed by atoms with Gasteiger partial charge in [-0.05, 0) is 18.2 Å². The standard InChI is InChI=1S/C13H12FN3O2/c14-9-1-2-11(15)12(7-9)16-13(19)8-17-5-3-10(18)4-6-17/h1-7H,8,15H2,(H,16,19). The van der Waals surface area contributed by atoms with Gasteiger partial charge in [-0.3, -0.25) is 9.59 Å². The molecular weight excluding hydrogens is 249 g/mol. The van der Waals surface area contributed by atoms with E-state index in [0.717, 1.165) is 6.07 Å². The van der Waals surface area contributed by atoms with E-state index < -0.39 is 5.82 Å². The van der Waals surface area contributed by atoms with Crippen LogP contribution in [-0.4, -0.2) is 10.5 Å². The van der Waals surface area contributed by atoms with Crippen LogP contribution in [0.15, 0.2) is 47.5 Å². The molecule has 1 heterocycles. The van der Waals surface area contributed by atoms with Crippen molar-refractivity contribution in [2.45, 2.75) is 6.54 Å². The minimum absolute atomic E-state index is 0.0102. The van der Waals surface area contributed by atoms with Gasteiger partial charge >= 0.3 is 0 Å². The number of halogens is 1. The molecule has 0 radical (unpaired) electrons. The first-order valence-electron chi connectivity index (χ1n) is 5.55. The van der Waals surface area contributed by atoms with Gasteiger partial charge in [0.05, 0.1) is 11.4 Å². The first kappa shape index (κ1) is 12.8. The molecule has 2 rings (SSSR count). The van der Waals surface area contributed by atoms with Crippen molar-refractivity contribution in [1.82, 2.24) is 4.57 Å². The maximum Gasteiger partial charge on any atom is 0.244 e. The molecule has 6 heteroatoms. The van der Waals surface area contributed by atoms with Crippen LogP contribution in [0.2, 0.25) is 0 Å². The fraction of sp³-hybridized carbons (Fsp3) is 0.0769. The molecule has 19 heavy (non-hydrogen) atoms. The van der Waals surface area contributed by atoms with Gasteiger partial charge in [-0.1, -0.05) is 0 Å². The number of carbonyl (C=O) groups is 1. The van der Waals surface area contributed by atoms with E-state index in [2.05, 4.69) is 5.32 Å². The van der Waals surface area contributed by atoms with Gasteiger partial charge in [-0.2, -0.15) is 0 Å². The van der Waals surface area contributed by atoms with Crippen molar-refractivity contribution in [3.8, 4) is 0 Å². The zero-order chi connectivity index (χ0) is 13.8. The molecule has 98 valence electrons. The van der Waals surface area contributed by atoms with Crippen molar-refractivity contribution in [1.29, 1.82) is 0 Å². The van der Waals surface area contributed by atoms with Crippen LogP contribution in [0.5, 0.6) is 0 Å². The van der Waals surface area contributed by atoms with Gasteiger partial charge in [0.25, 0.3) is 0 Å². The smallest absolute Gasteiger partial charge is 0.244 e. The van der Waals surface area contributed by atoms with E-state index in [0.29, 0.717) is 0 Å². The molecule has 1 aromatic heterocycles. The molecule has 1 aromatic carbocycles. The number of nitrogens with zero attached hydrogens (tertiary/aromatic N) is 1. The monoisotopic (exact) mass is 261 g/mol. The van der Waals surface area contributed by atoms with E-state index in [4.69, 9.17) is 5.73 Å². The van der Waals surface area contributed by atoms with Crippen LogP contribution in [-0.2, 0) is 11.3 Å². The van der Waals surface area contributed by atoms with Gasteiger partial charge in [0.2, 0.25) is 5.91 Å². The maximum atomic E-state index is 13.0. The lowest BCUT2D eigenvalue weighted by molar-refractivity contribution is -0.116. The number of nitrogens with two attached hydrogens (primary N) is 1. The fourth-order valence-corrected chi connectivity index (χ4v) is 1.54. The summed E-state index contributed by atoms with van der Waals surface area (Å²) < 4.78 is 14.6. The van der Waals surface area contributed by atoms with Crippen molar-refractivity contribution in [2.24, 2.45) is 0 Å². The topological polar surface area (TPSA) is 77.1 Å². The van der Waals surface area contributed by atoms with Crippen molar-refractivity contribution < 1.29 is 9.18 Å². The number of benzene rings is 1. The minimum Gasteiger partial charge on any atom is -0.397 e. The van der Waals surface area contributed by atoms with Crippen LogP contribution in [0.4, 0.5) is 15.8 Å². The zero-order valence-corrected chi connectivity index (χ0v) is 9.97. The Balaban J connectivity index is 2.07. The lowest BCUT2D eigenvalue weighted by Gasteiger charge is -2.09. The quantitative estimate of drug-likeness (QED) is 0.815. The number of nitrogen functional groups attached to an aromatic ring is 1. The Labute approximate surface area is 108 Å². The van der Waals surface area contributed by atoms with Gasteiger partial charge in [-0.15, -0.1) is 0 Å². The van der Waals surface area contributed by atoms with Crippen molar-refractivity contribution in [3.63, 3.8) is 0 Å². The Hall–Kier alpha value is -2.63. The van der Waals surface area contributed by atoms with Crippen molar-refractivity contribution in [3.05, 3.63) is 58.8 Å². The highest BCUT2D eigenvalue weighted by Gasteiger charge is 2.06. The number of rotatable bonds is 3. The molecule has 5 nitrogen and oxygen atoms in total. The molecule has 0 bridgehead atoms. The highest BCUT2D eigenvalue weighted by atomic mass is 19.1. The van der Waals surface area contributed by atoms with E-state index >= 15 is 0 Å². The van der Waals surface area contributed by atoms with Crippen LogP contribution in [0, 0.1) is 5.82 Å². The van der Waals surface area contributed by atoms with Crippen LogP contribution in [0.25, 0.3) is 0 Å². The second kappa shape index (κ2) is 5.34. The van der Waals surface area contributed by atoms with Crippen LogP contribution in [0.3, 0.4) is 0 Å². The summed E-state index contributed by atoms with van der Waals surface area (Å²) in [7, 11) is 0. The van der Waals surface area contributed by atoms with Crippen molar-refractivity contribution >= 4 is 17.3 Å². The number of carbonyl (C=O) groups excluding carboxylic acids is 1. The molecule has 0 spiro atoms. The van der Waals surface area contributed by atoms with E-state index in [-0.39, 0.29) is 29.3 Å². The molecule has 1 amide bonds. The third-order valence-electron chi connectivity index (χ3n) is 2.48. The lowest BCUT2D eigenvalue weighted by atomic mass is 10.2. The summed E-state index contributed by atoms with van der Waals surface area (Å²) in [6, 6.07) is 6.45. The number of amides is 1. The first-order chi connectivity index (χ1) is 9.04. The predicted molar refractivity (Wildman–Crippen MR) is 70.1 cm³/mol. The Bertz CT molecular complexity index is 647. The summed E-state index contributed by atoms with van der Waals surface area (Å²) in [6.45, 7) is 0.0102. The average Bonchev–Trinajstić information content (AvgIpc) is 2.37. The number of aromatic nitrogens is 1. The summed E-state index contributed by atoms with van der Waals surface area (Å²) >= 11 is 0. The van der Waals surface area contributed by atoms with E-state index in [1.54, 1.807) is 0 Å². The lowest BCUT2D eigenvalue weighted by Crippen LogP contribution is -2.20. The molecule has 2 aromatic rings. The molecule has 0 atom stereocenters. The highest BCUT2D eigenvalue weighted by Crippen LogP contribution is 2.18. The molecule has 0 aliphatic heterocycles. The van der Waals surface area contributed by atoms with Crippen molar-refractivity contribution in [2.75, 3.05) is 11.1 Å². The second-order valence-corrected chi connectivity index (χ2v) is 3.99. The molecule has 0 aliphatic rings. The SMILES string of the molecule is Nc1ccc(F)cc1NC(=O)Cn1ccc(=O)cc1. The van der Waals surface area contributed by atoms with Gasteiger partial charge in [0.1, 0.15) is 12.4 Å². The summed E-state index contributed by atoms with van der Waals surface area (Å²) in [5.41, 5.74) is 6.00. The third-order valence-corrected chi connectivity index (χ3v) is 2.48. The Kier molecular flexibility index (Phi) is 3.61. The van der Waals surface area contributed by atoms with Gasteiger partial charge in [0, 0.05) is 24.5 Å². The zero-order valence-electron chi connectivity index (χ0n) is 9.97. The normalized spacial score (nSPS) is 10.2. The predicted octanol–water partition coefficient (Wildman–Crippen LogP) is 1.21. The molecule has 0 saturated carbocycles. The van der Waals surface area contributed by atoms with Gasteiger partial charge in [0.15, 0.2) is 5.43 Å².